The molecule has 0 bridgehead atoms. The van der Waals surface area contributed by atoms with Gasteiger partial charge in [0.05, 0.1) is 19.8 Å². The summed E-state index contributed by atoms with van der Waals surface area (Å²) in [6.45, 7) is 5.03. The van der Waals surface area contributed by atoms with Crippen molar-refractivity contribution < 1.29 is 27.4 Å². The minimum atomic E-state index is -1.02. The Morgan fingerprint density at radius 1 is 0.818 bits per heavy atom. The van der Waals surface area contributed by atoms with Crippen molar-refractivity contribution in [3.05, 3.63) is 77.6 Å². The second kappa shape index (κ2) is 10.4. The molecular weight excluding hydrogens is 429 g/mol. The van der Waals surface area contributed by atoms with Crippen molar-refractivity contribution in [2.45, 2.75) is 38.9 Å². The van der Waals surface area contributed by atoms with Crippen molar-refractivity contribution in [2.24, 2.45) is 0 Å². The van der Waals surface area contributed by atoms with Gasteiger partial charge in [-0.2, -0.15) is 4.39 Å². The van der Waals surface area contributed by atoms with Gasteiger partial charge in [0.1, 0.15) is 5.82 Å². The number of benzene rings is 3. The van der Waals surface area contributed by atoms with Gasteiger partial charge < -0.3 is 14.2 Å². The minimum absolute atomic E-state index is 0.0124. The average Bonchev–Trinajstić information content (AvgIpc) is 2.83. The molecule has 33 heavy (non-hydrogen) atoms. The number of rotatable bonds is 7. The van der Waals surface area contributed by atoms with Crippen molar-refractivity contribution in [3.8, 4) is 28.0 Å². The van der Waals surface area contributed by atoms with Crippen molar-refractivity contribution in [1.29, 1.82) is 0 Å². The maximum Gasteiger partial charge on any atom is 0.201 e. The molecule has 1 aliphatic heterocycles. The molecule has 0 atom stereocenters. The highest BCUT2D eigenvalue weighted by Gasteiger charge is 2.24. The predicted molar refractivity (Wildman–Crippen MR) is 122 cm³/mol. The first kappa shape index (κ1) is 23.3. The summed E-state index contributed by atoms with van der Waals surface area (Å²) in [5.41, 5.74) is 2.53. The Hall–Kier alpha value is -2.83. The fraction of sp³-hybridized carbons (Fsp3) is 0.333. The molecule has 4 rings (SSSR count). The van der Waals surface area contributed by atoms with Crippen LogP contribution in [0.3, 0.4) is 0 Å². The van der Waals surface area contributed by atoms with Crippen LogP contribution < -0.4 is 4.74 Å². The zero-order valence-corrected chi connectivity index (χ0v) is 18.7. The smallest absolute Gasteiger partial charge is 0.201 e. The molecule has 0 unspecified atom stereocenters. The molecule has 0 aromatic heterocycles. The fourth-order valence-corrected chi connectivity index (χ4v) is 4.01. The second-order valence-corrected chi connectivity index (χ2v) is 8.07. The summed E-state index contributed by atoms with van der Waals surface area (Å²) in [6, 6.07) is 14.7. The van der Waals surface area contributed by atoms with E-state index in [2.05, 4.69) is 6.92 Å². The van der Waals surface area contributed by atoms with Gasteiger partial charge in [0.15, 0.2) is 17.9 Å². The second-order valence-electron chi connectivity index (χ2n) is 8.07. The minimum Gasteiger partial charge on any atom is -0.491 e. The van der Waals surface area contributed by atoms with Gasteiger partial charge >= 0.3 is 0 Å². The van der Waals surface area contributed by atoms with Crippen LogP contribution in [-0.2, 0) is 9.47 Å². The van der Waals surface area contributed by atoms with Gasteiger partial charge in [0.2, 0.25) is 5.82 Å². The molecule has 1 heterocycles. The van der Waals surface area contributed by atoms with Gasteiger partial charge in [0.25, 0.3) is 0 Å². The van der Waals surface area contributed by atoms with E-state index in [1.165, 1.54) is 18.2 Å². The van der Waals surface area contributed by atoms with Crippen LogP contribution in [0.25, 0.3) is 22.3 Å². The van der Waals surface area contributed by atoms with Crippen molar-refractivity contribution >= 4 is 0 Å². The Balaban J connectivity index is 1.51. The van der Waals surface area contributed by atoms with Gasteiger partial charge in [-0.15, -0.1) is 0 Å². The van der Waals surface area contributed by atoms with Crippen LogP contribution in [-0.4, -0.2) is 26.1 Å². The van der Waals surface area contributed by atoms with E-state index >= 15 is 0 Å². The highest BCUT2D eigenvalue weighted by atomic mass is 19.2. The first-order chi connectivity index (χ1) is 16.0. The van der Waals surface area contributed by atoms with Gasteiger partial charge in [0, 0.05) is 17.0 Å². The topological polar surface area (TPSA) is 27.7 Å². The molecule has 0 aliphatic carbocycles. The molecule has 0 spiro atoms. The normalized spacial score (nSPS) is 18.3. The lowest BCUT2D eigenvalue weighted by molar-refractivity contribution is -0.189. The summed E-state index contributed by atoms with van der Waals surface area (Å²) < 4.78 is 60.2. The quantitative estimate of drug-likeness (QED) is 0.380. The summed E-state index contributed by atoms with van der Waals surface area (Å²) >= 11 is 0. The van der Waals surface area contributed by atoms with Crippen molar-refractivity contribution in [3.63, 3.8) is 0 Å². The molecule has 3 nitrogen and oxygen atoms in total. The fourth-order valence-electron chi connectivity index (χ4n) is 4.01. The van der Waals surface area contributed by atoms with Gasteiger partial charge in [-0.25, -0.2) is 8.78 Å². The Morgan fingerprint density at radius 2 is 1.45 bits per heavy atom. The number of hydrogen-bond acceptors (Lipinski definition) is 3. The van der Waals surface area contributed by atoms with E-state index in [-0.39, 0.29) is 35.9 Å². The van der Waals surface area contributed by atoms with Gasteiger partial charge in [-0.3, -0.25) is 0 Å². The summed E-state index contributed by atoms with van der Waals surface area (Å²) in [6.07, 6.45) is 1.66. The number of hydrogen-bond donors (Lipinski definition) is 0. The average molecular weight is 457 g/mol. The standard InChI is InChI=1S/C27H27F3O3/c1-3-5-25-32-15-20(16-33-25)19-10-11-21(23(28)14-19)17-6-8-18(9-7-17)22-12-13-24(31-4-2)27(30)26(22)29/h6-14,20,25H,3-5,15-16H2,1-2H3. The molecule has 3 aromatic carbocycles. The first-order valence-electron chi connectivity index (χ1n) is 11.3. The third kappa shape index (κ3) is 5.07. The van der Waals surface area contributed by atoms with E-state index in [1.54, 1.807) is 37.3 Å². The van der Waals surface area contributed by atoms with Crippen molar-refractivity contribution in [1.82, 2.24) is 0 Å². The number of ether oxygens (including phenoxy) is 3. The predicted octanol–water partition coefficient (Wildman–Crippen LogP) is 7.09. The summed E-state index contributed by atoms with van der Waals surface area (Å²) in [4.78, 5) is 0. The molecular formula is C27H27F3O3. The maximum absolute atomic E-state index is 14.9. The Bertz CT molecular complexity index is 1090. The van der Waals surface area contributed by atoms with Gasteiger partial charge in [-0.1, -0.05) is 49.7 Å². The van der Waals surface area contributed by atoms with E-state index in [0.717, 1.165) is 18.4 Å². The molecule has 1 aliphatic rings. The zero-order valence-electron chi connectivity index (χ0n) is 18.7. The SMILES string of the molecule is CCCC1OCC(c2ccc(-c3ccc(-c4ccc(OCC)c(F)c4F)cc3)c(F)c2)CO1. The largest absolute Gasteiger partial charge is 0.491 e. The molecule has 0 amide bonds. The van der Waals surface area contributed by atoms with E-state index in [9.17, 15) is 13.2 Å². The third-order valence-electron chi connectivity index (χ3n) is 5.81. The van der Waals surface area contributed by atoms with Crippen LogP contribution >= 0.6 is 0 Å². The van der Waals surface area contributed by atoms with Crippen LogP contribution in [0, 0.1) is 17.5 Å². The lowest BCUT2D eigenvalue weighted by Crippen LogP contribution is -2.30. The molecule has 3 aromatic rings. The molecule has 1 saturated heterocycles. The highest BCUT2D eigenvalue weighted by Crippen LogP contribution is 2.33. The Morgan fingerprint density at radius 3 is 2.06 bits per heavy atom. The van der Waals surface area contributed by atoms with Crippen LogP contribution in [0.2, 0.25) is 0 Å². The van der Waals surface area contributed by atoms with E-state index in [4.69, 9.17) is 14.2 Å². The van der Waals surface area contributed by atoms with E-state index < -0.39 is 11.6 Å². The zero-order chi connectivity index (χ0) is 23.4. The molecule has 174 valence electrons. The molecule has 1 fully saturated rings. The van der Waals surface area contributed by atoms with Crippen LogP contribution in [0.4, 0.5) is 13.2 Å². The van der Waals surface area contributed by atoms with Crippen LogP contribution in [0.1, 0.15) is 38.2 Å². The summed E-state index contributed by atoms with van der Waals surface area (Å²) in [5.74, 6) is -2.47. The van der Waals surface area contributed by atoms with E-state index in [0.29, 0.717) is 29.9 Å². The lowest BCUT2D eigenvalue weighted by atomic mass is 9.95. The van der Waals surface area contributed by atoms with Crippen LogP contribution in [0.15, 0.2) is 54.6 Å². The van der Waals surface area contributed by atoms with E-state index in [1.807, 2.05) is 6.07 Å². The molecule has 0 saturated carbocycles. The van der Waals surface area contributed by atoms with Crippen molar-refractivity contribution in [2.75, 3.05) is 19.8 Å². The van der Waals surface area contributed by atoms with Gasteiger partial charge in [-0.05, 0) is 48.2 Å². The third-order valence-corrected chi connectivity index (χ3v) is 5.81. The number of halogens is 3. The summed E-state index contributed by atoms with van der Waals surface area (Å²) in [5, 5.41) is 0. The maximum atomic E-state index is 14.9. The van der Waals surface area contributed by atoms with Crippen LogP contribution in [0.5, 0.6) is 5.75 Å². The first-order valence-corrected chi connectivity index (χ1v) is 11.3. The molecule has 0 radical (unpaired) electrons. The lowest BCUT2D eigenvalue weighted by Gasteiger charge is -2.29. The Kier molecular flexibility index (Phi) is 7.36. The Labute approximate surface area is 192 Å². The molecule has 0 N–H and O–H groups in total. The summed E-state index contributed by atoms with van der Waals surface area (Å²) in [7, 11) is 0. The highest BCUT2D eigenvalue weighted by molar-refractivity contribution is 5.71. The monoisotopic (exact) mass is 456 g/mol. The molecule has 6 heteroatoms.